The fourth-order valence-corrected chi connectivity index (χ4v) is 3.76. The van der Waals surface area contributed by atoms with Gasteiger partial charge in [-0.05, 0) is 39.5 Å². The molecule has 1 saturated carbocycles. The summed E-state index contributed by atoms with van der Waals surface area (Å²) < 4.78 is 31.3. The minimum absolute atomic E-state index is 0.186. The quantitative estimate of drug-likeness (QED) is 0.130. The van der Waals surface area contributed by atoms with Gasteiger partial charge in [0.15, 0.2) is 0 Å². The summed E-state index contributed by atoms with van der Waals surface area (Å²) in [4.78, 5) is 71.6. The lowest BCUT2D eigenvalue weighted by atomic mass is 9.82. The molecule has 1 fully saturated rings. The highest BCUT2D eigenvalue weighted by molar-refractivity contribution is 5.82. The molecule has 12 nitrogen and oxygen atoms in total. The third-order valence-corrected chi connectivity index (χ3v) is 6.44. The van der Waals surface area contributed by atoms with Crippen LogP contribution < -0.4 is 0 Å². The molecule has 12 heteroatoms. The summed E-state index contributed by atoms with van der Waals surface area (Å²) in [7, 11) is 0. The van der Waals surface area contributed by atoms with Gasteiger partial charge >= 0.3 is 35.8 Å². The zero-order chi connectivity index (χ0) is 31.8. The Hall–Kier alpha value is -4.22. The topological polar surface area (TPSA) is 158 Å². The average Bonchev–Trinajstić information content (AvgIpc) is 3.01. The predicted octanol–water partition coefficient (Wildman–Crippen LogP) is 2.81. The molecule has 0 amide bonds. The summed E-state index contributed by atoms with van der Waals surface area (Å²) in [6.07, 6.45) is 5.44. The van der Waals surface area contributed by atoms with E-state index in [-0.39, 0.29) is 39.6 Å². The molecule has 0 N–H and O–H groups in total. The molecule has 0 radical (unpaired) electrons. The van der Waals surface area contributed by atoms with E-state index in [1.807, 2.05) is 0 Å². The summed E-state index contributed by atoms with van der Waals surface area (Å²) >= 11 is 0. The van der Waals surface area contributed by atoms with Crippen LogP contribution in [0.1, 0.15) is 39.5 Å². The molecule has 232 valence electrons. The van der Waals surface area contributed by atoms with Crippen molar-refractivity contribution in [3.63, 3.8) is 0 Å². The van der Waals surface area contributed by atoms with Crippen molar-refractivity contribution in [3.05, 3.63) is 50.6 Å². The van der Waals surface area contributed by atoms with Crippen molar-refractivity contribution < 1.29 is 57.2 Å². The van der Waals surface area contributed by atoms with Crippen molar-refractivity contribution in [1.82, 2.24) is 0 Å². The van der Waals surface area contributed by atoms with Crippen LogP contribution in [0.25, 0.3) is 0 Å². The van der Waals surface area contributed by atoms with Gasteiger partial charge in [0.05, 0.1) is 22.7 Å². The Kier molecular flexibility index (Phi) is 15.0. The highest BCUT2D eigenvalue weighted by Gasteiger charge is 2.36. The molecule has 1 aliphatic rings. The van der Waals surface area contributed by atoms with Crippen LogP contribution in [0.3, 0.4) is 0 Å². The Labute approximate surface area is 245 Å². The molecule has 0 heterocycles. The molecule has 0 atom stereocenters. The van der Waals surface area contributed by atoms with Crippen LogP contribution >= 0.6 is 0 Å². The first kappa shape index (κ1) is 35.8. The Morgan fingerprint density at radius 1 is 0.500 bits per heavy atom. The van der Waals surface area contributed by atoms with E-state index >= 15 is 0 Å². The smallest absolute Gasteiger partial charge is 0.330 e. The van der Waals surface area contributed by atoms with Crippen molar-refractivity contribution in [2.24, 2.45) is 22.7 Å². The van der Waals surface area contributed by atoms with E-state index in [0.717, 1.165) is 24.3 Å². The summed E-state index contributed by atoms with van der Waals surface area (Å²) in [5.74, 6) is -4.62. The van der Waals surface area contributed by atoms with Crippen molar-refractivity contribution in [2.75, 3.05) is 39.6 Å². The lowest BCUT2D eigenvalue weighted by molar-refractivity contribution is -0.165. The second kappa shape index (κ2) is 17.6. The van der Waals surface area contributed by atoms with Crippen LogP contribution in [0.15, 0.2) is 50.6 Å². The highest BCUT2D eigenvalue weighted by atomic mass is 16.6. The molecule has 1 rings (SSSR count). The fraction of sp³-hybridized carbons (Fsp3) is 0.533. The Bertz CT molecular complexity index is 905. The van der Waals surface area contributed by atoms with Gasteiger partial charge in [-0.3, -0.25) is 9.59 Å². The number of esters is 6. The van der Waals surface area contributed by atoms with Gasteiger partial charge in [-0.1, -0.05) is 26.3 Å². The number of carbonyl (C=O) groups is 6. The maximum Gasteiger partial charge on any atom is 0.330 e. The molecule has 0 aromatic heterocycles. The van der Waals surface area contributed by atoms with E-state index in [9.17, 15) is 28.8 Å². The summed E-state index contributed by atoms with van der Waals surface area (Å²) in [6.45, 7) is 15.4. The number of hydrogen-bond donors (Lipinski definition) is 0. The van der Waals surface area contributed by atoms with Crippen molar-refractivity contribution in [3.8, 4) is 0 Å². The molecular weight excluding hydrogens is 552 g/mol. The maximum absolute atomic E-state index is 12.8. The first-order valence-corrected chi connectivity index (χ1v) is 13.3. The van der Waals surface area contributed by atoms with Crippen molar-refractivity contribution in [1.29, 1.82) is 0 Å². The van der Waals surface area contributed by atoms with Crippen molar-refractivity contribution in [2.45, 2.75) is 39.5 Å². The highest BCUT2D eigenvalue weighted by Crippen LogP contribution is 2.32. The van der Waals surface area contributed by atoms with Gasteiger partial charge in [0.25, 0.3) is 0 Å². The normalized spacial score (nSPS) is 16.5. The standard InChI is InChI=1S/C30H40O12/c1-7-23(31)37-15-29(5,16-38-24(32)8-2)19-41-27(35)21-11-13-22(14-12-21)28(36)42-20-30(6,17-39-25(33)9-3)18-40-26(34)10-4/h7-10,21-22H,1-4,11-20H2,5-6H3. The van der Waals surface area contributed by atoms with Crippen LogP contribution in [-0.4, -0.2) is 75.5 Å². The fourth-order valence-electron chi connectivity index (χ4n) is 3.76. The van der Waals surface area contributed by atoms with E-state index in [2.05, 4.69) is 26.3 Å². The largest absolute Gasteiger partial charge is 0.465 e. The summed E-state index contributed by atoms with van der Waals surface area (Å²) in [5.41, 5.74) is -2.03. The van der Waals surface area contributed by atoms with E-state index in [0.29, 0.717) is 25.7 Å². The Balaban J connectivity index is 2.66. The van der Waals surface area contributed by atoms with Crippen LogP contribution in [0.2, 0.25) is 0 Å². The minimum atomic E-state index is -1.01. The van der Waals surface area contributed by atoms with E-state index in [1.54, 1.807) is 13.8 Å². The number of ether oxygens (including phenoxy) is 6. The predicted molar refractivity (Wildman–Crippen MR) is 148 cm³/mol. The second-order valence-corrected chi connectivity index (χ2v) is 10.6. The second-order valence-electron chi connectivity index (χ2n) is 10.6. The molecule has 0 aromatic carbocycles. The van der Waals surface area contributed by atoms with Gasteiger partial charge in [-0.2, -0.15) is 0 Å². The average molecular weight is 593 g/mol. The molecule has 0 bridgehead atoms. The van der Waals surface area contributed by atoms with Crippen LogP contribution in [-0.2, 0) is 57.2 Å². The van der Waals surface area contributed by atoms with Crippen LogP contribution in [0.5, 0.6) is 0 Å². The molecular formula is C30H40O12. The van der Waals surface area contributed by atoms with Gasteiger partial charge in [-0.25, -0.2) is 19.2 Å². The van der Waals surface area contributed by atoms with Gasteiger partial charge in [0.2, 0.25) is 0 Å². The summed E-state index contributed by atoms with van der Waals surface area (Å²) in [5, 5.41) is 0. The first-order valence-electron chi connectivity index (χ1n) is 13.3. The third-order valence-electron chi connectivity index (χ3n) is 6.44. The molecule has 0 saturated heterocycles. The third kappa shape index (κ3) is 13.0. The molecule has 42 heavy (non-hydrogen) atoms. The van der Waals surface area contributed by atoms with E-state index in [4.69, 9.17) is 28.4 Å². The Morgan fingerprint density at radius 3 is 0.929 bits per heavy atom. The van der Waals surface area contributed by atoms with Gasteiger partial charge in [-0.15, -0.1) is 0 Å². The molecule has 0 unspecified atom stereocenters. The summed E-state index contributed by atoms with van der Waals surface area (Å²) in [6, 6.07) is 0. The zero-order valence-corrected chi connectivity index (χ0v) is 24.3. The van der Waals surface area contributed by atoms with Crippen molar-refractivity contribution >= 4 is 35.8 Å². The Morgan fingerprint density at radius 2 is 0.714 bits per heavy atom. The van der Waals surface area contributed by atoms with Gasteiger partial charge < -0.3 is 28.4 Å². The number of rotatable bonds is 18. The van der Waals surface area contributed by atoms with E-state index < -0.39 is 58.5 Å². The number of hydrogen-bond acceptors (Lipinski definition) is 12. The lowest BCUT2D eigenvalue weighted by Crippen LogP contribution is -2.38. The molecule has 0 aliphatic heterocycles. The van der Waals surface area contributed by atoms with Gasteiger partial charge in [0.1, 0.15) is 39.6 Å². The minimum Gasteiger partial charge on any atom is -0.465 e. The van der Waals surface area contributed by atoms with Gasteiger partial charge in [0, 0.05) is 24.3 Å². The molecule has 0 aromatic rings. The molecule has 1 aliphatic carbocycles. The zero-order valence-electron chi connectivity index (χ0n) is 24.3. The lowest BCUT2D eigenvalue weighted by Gasteiger charge is -2.31. The first-order chi connectivity index (χ1) is 19.8. The van der Waals surface area contributed by atoms with E-state index in [1.165, 1.54) is 0 Å². The molecule has 0 spiro atoms. The maximum atomic E-state index is 12.8. The SMILES string of the molecule is C=CC(=O)OCC(C)(COC(=O)C=C)COC(=O)C1CCC(C(=O)OCC(C)(COC(=O)C=C)COC(=O)C=C)CC1. The van der Waals surface area contributed by atoms with Crippen LogP contribution in [0, 0.1) is 22.7 Å². The number of carbonyl (C=O) groups excluding carboxylic acids is 6. The monoisotopic (exact) mass is 592 g/mol. The van der Waals surface area contributed by atoms with Crippen LogP contribution in [0.4, 0.5) is 0 Å².